The maximum absolute atomic E-state index is 14.4. The number of nitrogens with one attached hydrogen (secondary N) is 1. The molecular formula is C43H71NO5. The van der Waals surface area contributed by atoms with Crippen LogP contribution in [0.5, 0.6) is 0 Å². The number of carbonyl (C=O) groups excluding carboxylic acids is 2. The summed E-state index contributed by atoms with van der Waals surface area (Å²) >= 11 is 0. The summed E-state index contributed by atoms with van der Waals surface area (Å²) in [5.41, 5.74) is 2.02. The number of carboxylic acid groups (broad SMARTS) is 1. The molecule has 5 aliphatic carbocycles. The van der Waals surface area contributed by atoms with Gasteiger partial charge in [0.1, 0.15) is 6.10 Å². The SMILES string of the molecule is CC(=O)O[C@H]1CC[C@]2(C)[C@H]3CC=C4[C@@H]5CC(C)(C)CC[C@]5(C(=O)NCCCCCCCCCCC(=O)O)CC[C@@]4(C)[C@]3(C)CC[C@H]2C1(C)C. The van der Waals surface area contributed by atoms with E-state index in [-0.39, 0.29) is 51.0 Å². The molecule has 1 amide bonds. The van der Waals surface area contributed by atoms with E-state index in [0.29, 0.717) is 23.7 Å². The molecule has 0 unspecified atom stereocenters. The minimum Gasteiger partial charge on any atom is -0.481 e. The number of hydrogen-bond acceptors (Lipinski definition) is 4. The molecule has 0 radical (unpaired) electrons. The second-order valence-corrected chi connectivity index (χ2v) is 19.6. The Morgan fingerprint density at radius 1 is 0.796 bits per heavy atom. The Labute approximate surface area is 298 Å². The van der Waals surface area contributed by atoms with Gasteiger partial charge < -0.3 is 15.2 Å². The molecular weight excluding hydrogens is 610 g/mol. The first-order valence-corrected chi connectivity index (χ1v) is 20.3. The van der Waals surface area contributed by atoms with Crippen LogP contribution in [0.3, 0.4) is 0 Å². The monoisotopic (exact) mass is 682 g/mol. The topological polar surface area (TPSA) is 92.7 Å². The largest absolute Gasteiger partial charge is 0.481 e. The summed E-state index contributed by atoms with van der Waals surface area (Å²) in [5, 5.41) is 12.3. The highest BCUT2D eigenvalue weighted by molar-refractivity contribution is 5.84. The van der Waals surface area contributed by atoms with Gasteiger partial charge in [-0.15, -0.1) is 0 Å². The van der Waals surface area contributed by atoms with Crippen molar-refractivity contribution < 1.29 is 24.2 Å². The molecule has 278 valence electrons. The molecule has 0 heterocycles. The van der Waals surface area contributed by atoms with Gasteiger partial charge in [-0.3, -0.25) is 14.4 Å². The molecule has 8 atom stereocenters. The quantitative estimate of drug-likeness (QED) is 0.115. The van der Waals surface area contributed by atoms with Crippen LogP contribution in [0.2, 0.25) is 0 Å². The average molecular weight is 682 g/mol. The van der Waals surface area contributed by atoms with E-state index in [1.165, 1.54) is 32.1 Å². The molecule has 2 N–H and O–H groups in total. The van der Waals surface area contributed by atoms with E-state index in [1.807, 2.05) is 0 Å². The zero-order valence-corrected chi connectivity index (χ0v) is 32.6. The maximum Gasteiger partial charge on any atom is 0.303 e. The molecule has 5 aliphatic rings. The zero-order chi connectivity index (χ0) is 35.9. The average Bonchev–Trinajstić information content (AvgIpc) is 3.01. The van der Waals surface area contributed by atoms with Gasteiger partial charge in [-0.05, 0) is 116 Å². The normalized spacial score (nSPS) is 38.9. The third-order valence-corrected chi connectivity index (χ3v) is 15.9. The van der Waals surface area contributed by atoms with Gasteiger partial charge in [-0.2, -0.15) is 0 Å². The number of hydrogen-bond donors (Lipinski definition) is 2. The van der Waals surface area contributed by atoms with Gasteiger partial charge in [0.2, 0.25) is 5.91 Å². The van der Waals surface area contributed by atoms with Crippen molar-refractivity contribution in [1.29, 1.82) is 0 Å². The van der Waals surface area contributed by atoms with E-state index < -0.39 is 5.97 Å². The molecule has 49 heavy (non-hydrogen) atoms. The van der Waals surface area contributed by atoms with Crippen LogP contribution >= 0.6 is 0 Å². The fourth-order valence-corrected chi connectivity index (χ4v) is 12.9. The predicted molar refractivity (Wildman–Crippen MR) is 197 cm³/mol. The first-order chi connectivity index (χ1) is 22.9. The van der Waals surface area contributed by atoms with Gasteiger partial charge in [-0.1, -0.05) is 98.6 Å². The molecule has 0 aromatic carbocycles. The lowest BCUT2D eigenvalue weighted by atomic mass is 9.33. The van der Waals surface area contributed by atoms with Crippen LogP contribution in [-0.4, -0.2) is 35.6 Å². The van der Waals surface area contributed by atoms with Crippen LogP contribution in [0.4, 0.5) is 0 Å². The van der Waals surface area contributed by atoms with Crippen molar-refractivity contribution in [2.45, 2.75) is 183 Å². The van der Waals surface area contributed by atoms with Gasteiger partial charge in [0.15, 0.2) is 0 Å². The number of rotatable bonds is 13. The minimum atomic E-state index is -0.691. The lowest BCUT2D eigenvalue weighted by molar-refractivity contribution is -0.212. The molecule has 0 bridgehead atoms. The van der Waals surface area contributed by atoms with E-state index in [2.05, 4.69) is 59.9 Å². The van der Waals surface area contributed by atoms with Crippen LogP contribution < -0.4 is 5.32 Å². The van der Waals surface area contributed by atoms with Crippen LogP contribution in [0.25, 0.3) is 0 Å². The van der Waals surface area contributed by atoms with Crippen molar-refractivity contribution in [2.75, 3.05) is 6.54 Å². The molecule has 0 spiro atoms. The number of carboxylic acids is 1. The number of fused-ring (bicyclic) bond motifs is 7. The highest BCUT2D eigenvalue weighted by Gasteiger charge is 2.69. The predicted octanol–water partition coefficient (Wildman–Crippen LogP) is 10.4. The van der Waals surface area contributed by atoms with Crippen molar-refractivity contribution in [2.24, 2.45) is 50.2 Å². The first-order valence-electron chi connectivity index (χ1n) is 20.3. The molecule has 6 nitrogen and oxygen atoms in total. The van der Waals surface area contributed by atoms with Gasteiger partial charge in [0.25, 0.3) is 0 Å². The number of aliphatic carboxylic acids is 1. The van der Waals surface area contributed by atoms with Crippen molar-refractivity contribution >= 4 is 17.8 Å². The Morgan fingerprint density at radius 2 is 1.43 bits per heavy atom. The molecule has 4 fully saturated rings. The standard InChI is InChI=1S/C43H71NO5/c1-30(45)49-35-21-22-40(6)33(39(35,4)5)20-23-42(8)34(40)19-18-31-32-29-38(2,3)24-26-43(32,27-25-41(31,42)7)37(48)44-28-16-14-12-10-9-11-13-15-17-36(46)47/h18,32-35H,9-17,19-29H2,1-8H3,(H,44,48)(H,46,47)/t32-,33-,34+,35-,40-,41+,42+,43-/m0/s1. The van der Waals surface area contributed by atoms with E-state index in [0.717, 1.165) is 90.0 Å². The Kier molecular flexibility index (Phi) is 11.2. The maximum atomic E-state index is 14.4. The summed E-state index contributed by atoms with van der Waals surface area (Å²) in [6, 6.07) is 0. The van der Waals surface area contributed by atoms with Crippen molar-refractivity contribution in [3.63, 3.8) is 0 Å². The van der Waals surface area contributed by atoms with Crippen molar-refractivity contribution in [3.8, 4) is 0 Å². The van der Waals surface area contributed by atoms with Crippen molar-refractivity contribution in [1.82, 2.24) is 5.32 Å². The Hall–Kier alpha value is -1.85. The lowest BCUT2D eigenvalue weighted by Crippen LogP contribution is -2.65. The summed E-state index contributed by atoms with van der Waals surface area (Å²) < 4.78 is 5.95. The fourth-order valence-electron chi connectivity index (χ4n) is 12.9. The van der Waals surface area contributed by atoms with Crippen LogP contribution in [0, 0.1) is 50.2 Å². The first kappa shape index (κ1) is 38.4. The van der Waals surface area contributed by atoms with Gasteiger partial charge in [-0.25, -0.2) is 0 Å². The fraction of sp³-hybridized carbons (Fsp3) is 0.884. The Morgan fingerprint density at radius 3 is 2.08 bits per heavy atom. The number of ether oxygens (including phenoxy) is 1. The van der Waals surface area contributed by atoms with E-state index in [1.54, 1.807) is 12.5 Å². The number of amides is 1. The number of esters is 1. The van der Waals surface area contributed by atoms with Gasteiger partial charge in [0.05, 0.1) is 5.41 Å². The minimum absolute atomic E-state index is 0.00199. The van der Waals surface area contributed by atoms with E-state index in [9.17, 15) is 14.4 Å². The highest BCUT2D eigenvalue weighted by Crippen LogP contribution is 2.75. The van der Waals surface area contributed by atoms with E-state index in [4.69, 9.17) is 9.84 Å². The smallest absolute Gasteiger partial charge is 0.303 e. The van der Waals surface area contributed by atoms with Gasteiger partial charge >= 0.3 is 11.9 Å². The third kappa shape index (κ3) is 7.03. The third-order valence-electron chi connectivity index (χ3n) is 15.9. The van der Waals surface area contributed by atoms with Crippen LogP contribution in [-0.2, 0) is 19.1 Å². The highest BCUT2D eigenvalue weighted by atomic mass is 16.5. The zero-order valence-electron chi connectivity index (χ0n) is 32.6. The van der Waals surface area contributed by atoms with E-state index >= 15 is 0 Å². The Bertz CT molecular complexity index is 1270. The summed E-state index contributed by atoms with van der Waals surface area (Å²) in [6.45, 7) is 19.7. The summed E-state index contributed by atoms with van der Waals surface area (Å²) in [4.78, 5) is 37.1. The molecule has 5 rings (SSSR count). The van der Waals surface area contributed by atoms with Crippen LogP contribution in [0.15, 0.2) is 11.6 Å². The lowest BCUT2D eigenvalue weighted by Gasteiger charge is -2.71. The Balaban J connectivity index is 1.27. The molecule has 4 saturated carbocycles. The summed E-state index contributed by atoms with van der Waals surface area (Å²) in [5.74, 6) is 0.916. The number of carbonyl (C=O) groups is 3. The molecule has 6 heteroatoms. The summed E-state index contributed by atoms with van der Waals surface area (Å²) in [6.07, 6.45) is 22.5. The van der Waals surface area contributed by atoms with Crippen LogP contribution in [0.1, 0.15) is 177 Å². The molecule has 0 aromatic rings. The summed E-state index contributed by atoms with van der Waals surface area (Å²) in [7, 11) is 0. The molecule has 0 saturated heterocycles. The molecule has 0 aliphatic heterocycles. The van der Waals surface area contributed by atoms with Gasteiger partial charge in [0, 0.05) is 25.3 Å². The number of allylic oxidation sites excluding steroid dienone is 2. The second kappa shape index (κ2) is 14.3. The molecule has 0 aromatic heterocycles. The number of unbranched alkanes of at least 4 members (excludes halogenated alkanes) is 7. The van der Waals surface area contributed by atoms with Crippen molar-refractivity contribution in [3.05, 3.63) is 11.6 Å². The second-order valence-electron chi connectivity index (χ2n) is 19.6.